The lowest BCUT2D eigenvalue weighted by molar-refractivity contribution is -0.402. The summed E-state index contributed by atoms with van der Waals surface area (Å²) >= 11 is 0. The molecule has 0 aliphatic carbocycles. The van der Waals surface area contributed by atoms with E-state index in [-0.39, 0.29) is 19.2 Å². The Morgan fingerprint density at radius 3 is 2.55 bits per heavy atom. The molecule has 0 saturated carbocycles. The molecule has 0 unspecified atom stereocenters. The molecule has 8 heteroatoms. The summed E-state index contributed by atoms with van der Waals surface area (Å²) < 4.78 is 19.8. The number of carbonyl (C=O) groups excluding carboxylic acids is 1. The van der Waals surface area contributed by atoms with Crippen LogP contribution in [0.25, 0.3) is 0 Å². The molecule has 0 spiro atoms. The molecule has 0 bridgehead atoms. The molecule has 0 aliphatic rings. The molecule has 1 aromatic heterocycles. The second-order valence-electron chi connectivity index (χ2n) is 4.17. The Morgan fingerprint density at radius 1 is 1.23 bits per heavy atom. The molecule has 0 aliphatic heterocycles. The van der Waals surface area contributed by atoms with Gasteiger partial charge in [0.1, 0.15) is 17.3 Å². The minimum Gasteiger partial charge on any atom is -0.468 e. The van der Waals surface area contributed by atoms with Gasteiger partial charge in [-0.3, -0.25) is 10.1 Å². The molecule has 2 aromatic rings. The van der Waals surface area contributed by atoms with Crippen molar-refractivity contribution >= 4 is 11.9 Å². The lowest BCUT2D eigenvalue weighted by Crippen LogP contribution is -2.04. The predicted octanol–water partition coefficient (Wildman–Crippen LogP) is 2.53. The van der Waals surface area contributed by atoms with Crippen LogP contribution in [0.3, 0.4) is 0 Å². The van der Waals surface area contributed by atoms with Crippen molar-refractivity contribution in [2.75, 3.05) is 13.9 Å². The number of furan rings is 1. The second kappa shape index (κ2) is 7.23. The third-order valence-corrected chi connectivity index (χ3v) is 2.61. The zero-order chi connectivity index (χ0) is 15.9. The van der Waals surface area contributed by atoms with Crippen LogP contribution >= 0.6 is 0 Å². The van der Waals surface area contributed by atoms with Crippen molar-refractivity contribution < 1.29 is 28.3 Å². The predicted molar refractivity (Wildman–Crippen MR) is 73.4 cm³/mol. The van der Waals surface area contributed by atoms with E-state index in [4.69, 9.17) is 18.6 Å². The highest BCUT2D eigenvalue weighted by Gasteiger charge is 2.18. The molecule has 116 valence electrons. The fraction of sp³-hybridized carbons (Fsp3) is 0.214. The van der Waals surface area contributed by atoms with Gasteiger partial charge < -0.3 is 18.6 Å². The Morgan fingerprint density at radius 2 is 1.95 bits per heavy atom. The van der Waals surface area contributed by atoms with Gasteiger partial charge in [0.05, 0.1) is 6.07 Å². The summed E-state index contributed by atoms with van der Waals surface area (Å²) in [5.74, 6) is -0.871. The summed E-state index contributed by atoms with van der Waals surface area (Å²) in [5.41, 5.74) is 0.735. The van der Waals surface area contributed by atoms with E-state index in [1.807, 2.05) is 0 Å². The van der Waals surface area contributed by atoms with Crippen molar-refractivity contribution in [2.45, 2.75) is 6.61 Å². The average molecular weight is 307 g/mol. The summed E-state index contributed by atoms with van der Waals surface area (Å²) in [6, 6.07) is 9.16. The van der Waals surface area contributed by atoms with Crippen LogP contribution < -0.4 is 4.74 Å². The first kappa shape index (κ1) is 15.5. The maximum absolute atomic E-state index is 11.7. The van der Waals surface area contributed by atoms with Gasteiger partial charge in [-0.2, -0.15) is 0 Å². The number of esters is 1. The molecular weight excluding hydrogens is 294 g/mol. The number of rotatable bonds is 7. The molecule has 0 N–H and O–H groups in total. The van der Waals surface area contributed by atoms with Crippen LogP contribution in [0.15, 0.2) is 40.8 Å². The molecule has 8 nitrogen and oxygen atoms in total. The Labute approximate surface area is 125 Å². The minimum absolute atomic E-state index is 0.0118. The maximum atomic E-state index is 11.7. The number of ether oxygens (including phenoxy) is 3. The molecule has 0 amide bonds. The summed E-state index contributed by atoms with van der Waals surface area (Å²) in [5, 5.41) is 10.5. The molecule has 22 heavy (non-hydrogen) atoms. The lowest BCUT2D eigenvalue weighted by Gasteiger charge is -2.06. The molecule has 0 saturated heterocycles. The van der Waals surface area contributed by atoms with Crippen molar-refractivity contribution in [1.82, 2.24) is 0 Å². The van der Waals surface area contributed by atoms with Crippen molar-refractivity contribution in [2.24, 2.45) is 0 Å². The van der Waals surface area contributed by atoms with Crippen LogP contribution in [0.4, 0.5) is 5.88 Å². The van der Waals surface area contributed by atoms with Crippen molar-refractivity contribution in [3.05, 3.63) is 57.8 Å². The van der Waals surface area contributed by atoms with Crippen molar-refractivity contribution in [3.8, 4) is 5.75 Å². The van der Waals surface area contributed by atoms with Gasteiger partial charge >= 0.3 is 11.9 Å². The smallest absolute Gasteiger partial charge is 0.433 e. The van der Waals surface area contributed by atoms with E-state index >= 15 is 0 Å². The lowest BCUT2D eigenvalue weighted by atomic mass is 10.2. The summed E-state index contributed by atoms with van der Waals surface area (Å²) in [6.45, 7) is 0.156. The zero-order valence-electron chi connectivity index (χ0n) is 11.7. The normalized spacial score (nSPS) is 10.2. The van der Waals surface area contributed by atoms with Gasteiger partial charge in [-0.15, -0.1) is 0 Å². The van der Waals surface area contributed by atoms with Crippen molar-refractivity contribution in [1.29, 1.82) is 0 Å². The number of nitro groups is 1. The zero-order valence-corrected chi connectivity index (χ0v) is 11.7. The van der Waals surface area contributed by atoms with Crippen LogP contribution in [0.5, 0.6) is 5.75 Å². The van der Waals surface area contributed by atoms with Gasteiger partial charge in [0, 0.05) is 7.11 Å². The molecule has 2 rings (SSSR count). The van der Waals surface area contributed by atoms with E-state index in [2.05, 4.69) is 0 Å². The third-order valence-electron chi connectivity index (χ3n) is 2.61. The highest BCUT2D eigenvalue weighted by molar-refractivity contribution is 5.86. The topological polar surface area (TPSA) is 101 Å². The van der Waals surface area contributed by atoms with E-state index in [9.17, 15) is 14.9 Å². The largest absolute Gasteiger partial charge is 0.468 e. The Hall–Kier alpha value is -2.87. The first-order valence-electron chi connectivity index (χ1n) is 6.22. The first-order chi connectivity index (χ1) is 10.6. The molecule has 0 fully saturated rings. The van der Waals surface area contributed by atoms with E-state index in [1.165, 1.54) is 13.2 Å². The fourth-order valence-corrected chi connectivity index (χ4v) is 1.56. The molecule has 0 atom stereocenters. The molecule has 1 aromatic carbocycles. The SMILES string of the molecule is COCOc1ccc(COC(=O)c2ccc([N+](=O)[O-])o2)cc1. The number of hydrogen-bond donors (Lipinski definition) is 0. The number of methoxy groups -OCH3 is 1. The van der Waals surface area contributed by atoms with Crippen LogP contribution in [0.2, 0.25) is 0 Å². The highest BCUT2D eigenvalue weighted by Crippen LogP contribution is 2.17. The average Bonchev–Trinajstić information content (AvgIpc) is 3.02. The summed E-state index contributed by atoms with van der Waals surface area (Å²) in [4.78, 5) is 21.4. The van der Waals surface area contributed by atoms with Gasteiger partial charge in [-0.25, -0.2) is 4.79 Å². The van der Waals surface area contributed by atoms with Gasteiger partial charge in [0.25, 0.3) is 0 Å². The molecule has 0 radical (unpaired) electrons. The van der Waals surface area contributed by atoms with Crippen molar-refractivity contribution in [3.63, 3.8) is 0 Å². The van der Waals surface area contributed by atoms with Crippen LogP contribution in [0, 0.1) is 10.1 Å². The van der Waals surface area contributed by atoms with E-state index in [1.54, 1.807) is 24.3 Å². The first-order valence-corrected chi connectivity index (χ1v) is 6.22. The fourth-order valence-electron chi connectivity index (χ4n) is 1.56. The highest BCUT2D eigenvalue weighted by atomic mass is 16.7. The van der Waals surface area contributed by atoms with Crippen LogP contribution in [0.1, 0.15) is 16.1 Å². The molecule has 1 heterocycles. The van der Waals surface area contributed by atoms with E-state index < -0.39 is 16.8 Å². The molecular formula is C14H13NO7. The maximum Gasteiger partial charge on any atom is 0.433 e. The van der Waals surface area contributed by atoms with Gasteiger partial charge in [0.15, 0.2) is 6.79 Å². The Kier molecular flexibility index (Phi) is 5.10. The number of nitrogens with zero attached hydrogens (tertiary/aromatic N) is 1. The Bertz CT molecular complexity index is 647. The Balaban J connectivity index is 1.88. The third kappa shape index (κ3) is 4.06. The number of benzene rings is 1. The standard InChI is InChI=1S/C14H13NO7/c1-19-9-21-11-4-2-10(3-5-11)8-20-14(16)12-6-7-13(22-12)15(17)18/h2-7H,8-9H2,1H3. The second-order valence-corrected chi connectivity index (χ2v) is 4.17. The quantitative estimate of drug-likeness (QED) is 0.335. The van der Waals surface area contributed by atoms with Crippen LogP contribution in [-0.2, 0) is 16.1 Å². The summed E-state index contributed by atoms with van der Waals surface area (Å²) in [7, 11) is 1.52. The monoisotopic (exact) mass is 307 g/mol. The number of carbonyl (C=O) groups is 1. The van der Waals surface area contributed by atoms with Crippen LogP contribution in [-0.4, -0.2) is 24.8 Å². The van der Waals surface area contributed by atoms with Gasteiger partial charge in [0.2, 0.25) is 5.76 Å². The number of hydrogen-bond acceptors (Lipinski definition) is 7. The minimum atomic E-state index is -0.771. The van der Waals surface area contributed by atoms with E-state index in [0.717, 1.165) is 11.6 Å². The van der Waals surface area contributed by atoms with Gasteiger partial charge in [-0.1, -0.05) is 12.1 Å². The van der Waals surface area contributed by atoms with E-state index in [0.29, 0.717) is 5.75 Å². The summed E-state index contributed by atoms with van der Waals surface area (Å²) in [6.07, 6.45) is 0. The van der Waals surface area contributed by atoms with Gasteiger partial charge in [-0.05, 0) is 23.8 Å².